The molecule has 2 fully saturated rings. The SMILES string of the molecule is COC(=O)C1CCCCN1Cc1cnc2c(Nc3cccc(-c4cccc(OCCCN5CCOCC5)c4C)c3C)nccc2c1. The number of piperidine rings is 1. The molecule has 4 heterocycles. The number of hydrogen-bond donors (Lipinski definition) is 1. The first-order chi connectivity index (χ1) is 22.5. The summed E-state index contributed by atoms with van der Waals surface area (Å²) in [6.07, 6.45) is 7.66. The second-order valence-corrected chi connectivity index (χ2v) is 12.3. The minimum atomic E-state index is -0.199. The molecule has 2 aliphatic heterocycles. The van der Waals surface area contributed by atoms with Crippen LogP contribution < -0.4 is 10.1 Å². The maximum atomic E-state index is 12.4. The van der Waals surface area contributed by atoms with E-state index in [4.69, 9.17) is 19.2 Å². The normalized spacial score (nSPS) is 17.6. The lowest BCUT2D eigenvalue weighted by molar-refractivity contribution is -0.148. The lowest BCUT2D eigenvalue weighted by Gasteiger charge is -2.33. The molecule has 2 saturated heterocycles. The number of nitrogens with one attached hydrogen (secondary N) is 1. The summed E-state index contributed by atoms with van der Waals surface area (Å²) < 4.78 is 16.8. The van der Waals surface area contributed by atoms with E-state index in [1.807, 2.05) is 18.5 Å². The van der Waals surface area contributed by atoms with E-state index < -0.39 is 0 Å². The smallest absolute Gasteiger partial charge is 0.323 e. The zero-order valence-electron chi connectivity index (χ0n) is 27.3. The van der Waals surface area contributed by atoms with Crippen molar-refractivity contribution in [2.45, 2.75) is 52.1 Å². The summed E-state index contributed by atoms with van der Waals surface area (Å²) in [4.78, 5) is 26.5. The number of morpholine rings is 1. The Morgan fingerprint density at radius 1 is 1.00 bits per heavy atom. The number of benzene rings is 2. The number of ether oxygens (including phenoxy) is 3. The van der Waals surface area contributed by atoms with E-state index in [0.717, 1.165) is 115 Å². The molecular weight excluding hydrogens is 578 g/mol. The van der Waals surface area contributed by atoms with Crippen molar-refractivity contribution >= 4 is 28.4 Å². The number of likely N-dealkylation sites (tertiary alicyclic amines) is 1. The number of carbonyl (C=O) groups excluding carboxylic acids is 1. The predicted molar refractivity (Wildman–Crippen MR) is 182 cm³/mol. The molecule has 1 atom stereocenters. The Labute approximate surface area is 271 Å². The van der Waals surface area contributed by atoms with Gasteiger partial charge in [0.25, 0.3) is 0 Å². The van der Waals surface area contributed by atoms with Gasteiger partial charge in [-0.15, -0.1) is 0 Å². The molecule has 2 aromatic carbocycles. The van der Waals surface area contributed by atoms with Gasteiger partial charge in [0.1, 0.15) is 17.3 Å². The molecule has 6 rings (SSSR count). The predicted octanol–water partition coefficient (Wildman–Crippen LogP) is 6.29. The van der Waals surface area contributed by atoms with E-state index in [9.17, 15) is 4.79 Å². The fourth-order valence-electron chi connectivity index (χ4n) is 6.65. The van der Waals surface area contributed by atoms with Crippen LogP contribution in [0.3, 0.4) is 0 Å². The third-order valence-corrected chi connectivity index (χ3v) is 9.27. The molecule has 9 nitrogen and oxygen atoms in total. The molecule has 1 N–H and O–H groups in total. The van der Waals surface area contributed by atoms with Crippen LogP contribution in [-0.4, -0.2) is 84.9 Å². The highest BCUT2D eigenvalue weighted by atomic mass is 16.5. The van der Waals surface area contributed by atoms with Gasteiger partial charge in [0.15, 0.2) is 5.82 Å². The molecule has 0 spiro atoms. The molecule has 0 aliphatic carbocycles. The average Bonchev–Trinajstić information content (AvgIpc) is 3.09. The van der Waals surface area contributed by atoms with Gasteiger partial charge in [0.05, 0.1) is 26.9 Å². The lowest BCUT2D eigenvalue weighted by Crippen LogP contribution is -2.44. The van der Waals surface area contributed by atoms with Gasteiger partial charge in [-0.3, -0.25) is 19.6 Å². The van der Waals surface area contributed by atoms with Crippen LogP contribution in [-0.2, 0) is 20.8 Å². The standard InChI is InChI=1S/C37H45N5O4/c1-26-30(31-10-7-13-34(27(31)2)46-20-8-16-41-18-21-45-22-19-41)9-6-11-32(26)40-36-35-29(14-15-38-36)23-28(24-39-35)25-42-17-5-4-12-33(42)37(43)44-3/h6-7,9-11,13-15,23-24,33H,4-5,8,12,16-22,25H2,1-3H3,(H,38,40). The molecule has 46 heavy (non-hydrogen) atoms. The first-order valence-corrected chi connectivity index (χ1v) is 16.5. The molecule has 4 aromatic rings. The van der Waals surface area contributed by atoms with Gasteiger partial charge in [-0.2, -0.15) is 0 Å². The number of nitrogens with zero attached hydrogens (tertiary/aromatic N) is 4. The van der Waals surface area contributed by atoms with Crippen LogP contribution in [0, 0.1) is 13.8 Å². The topological polar surface area (TPSA) is 89.0 Å². The van der Waals surface area contributed by atoms with Crippen LogP contribution in [0.15, 0.2) is 60.9 Å². The monoisotopic (exact) mass is 623 g/mol. The Balaban J connectivity index is 1.17. The van der Waals surface area contributed by atoms with Gasteiger partial charge in [-0.25, -0.2) is 4.98 Å². The fourth-order valence-corrected chi connectivity index (χ4v) is 6.65. The number of methoxy groups -OCH3 is 1. The van der Waals surface area contributed by atoms with Crippen molar-refractivity contribution in [3.8, 4) is 16.9 Å². The molecule has 9 heteroatoms. The molecule has 2 aliphatic rings. The third kappa shape index (κ3) is 7.33. The van der Waals surface area contributed by atoms with Crippen molar-refractivity contribution in [1.29, 1.82) is 0 Å². The van der Waals surface area contributed by atoms with E-state index in [2.05, 4.69) is 76.4 Å². The Morgan fingerprint density at radius 3 is 2.63 bits per heavy atom. The van der Waals surface area contributed by atoms with Crippen molar-refractivity contribution in [1.82, 2.24) is 19.8 Å². The highest BCUT2D eigenvalue weighted by Gasteiger charge is 2.29. The second-order valence-electron chi connectivity index (χ2n) is 12.3. The maximum absolute atomic E-state index is 12.4. The van der Waals surface area contributed by atoms with Gasteiger partial charge < -0.3 is 19.5 Å². The van der Waals surface area contributed by atoms with E-state index >= 15 is 0 Å². The summed E-state index contributed by atoms with van der Waals surface area (Å²) >= 11 is 0. The van der Waals surface area contributed by atoms with Crippen molar-refractivity contribution in [3.05, 3.63) is 77.6 Å². The van der Waals surface area contributed by atoms with Gasteiger partial charge in [0.2, 0.25) is 0 Å². The van der Waals surface area contributed by atoms with E-state index in [0.29, 0.717) is 19.0 Å². The maximum Gasteiger partial charge on any atom is 0.323 e. The zero-order chi connectivity index (χ0) is 31.9. The van der Waals surface area contributed by atoms with E-state index in [-0.39, 0.29) is 12.0 Å². The van der Waals surface area contributed by atoms with Gasteiger partial charge >= 0.3 is 5.97 Å². The van der Waals surface area contributed by atoms with Crippen molar-refractivity contribution in [3.63, 3.8) is 0 Å². The number of carbonyl (C=O) groups is 1. The average molecular weight is 624 g/mol. The van der Waals surface area contributed by atoms with Gasteiger partial charge in [-0.05, 0) is 91.7 Å². The van der Waals surface area contributed by atoms with Crippen molar-refractivity contribution in [2.24, 2.45) is 0 Å². The summed E-state index contributed by atoms with van der Waals surface area (Å²) in [6.45, 7) is 11.2. The van der Waals surface area contributed by atoms with E-state index in [1.165, 1.54) is 7.11 Å². The van der Waals surface area contributed by atoms with Gasteiger partial charge in [-0.1, -0.05) is 30.7 Å². The number of anilines is 2. The number of rotatable bonds is 11. The molecule has 0 amide bonds. The summed E-state index contributed by atoms with van der Waals surface area (Å²) in [7, 11) is 1.47. The highest BCUT2D eigenvalue weighted by Crippen LogP contribution is 2.36. The lowest BCUT2D eigenvalue weighted by atomic mass is 9.95. The summed E-state index contributed by atoms with van der Waals surface area (Å²) in [5.74, 6) is 1.48. The summed E-state index contributed by atoms with van der Waals surface area (Å²) in [6, 6.07) is 16.6. The first-order valence-electron chi connectivity index (χ1n) is 16.5. The van der Waals surface area contributed by atoms with Crippen LogP contribution in [0.25, 0.3) is 22.0 Å². The van der Waals surface area contributed by atoms with Crippen LogP contribution in [0.4, 0.5) is 11.5 Å². The number of aromatic nitrogens is 2. The largest absolute Gasteiger partial charge is 0.493 e. The molecular formula is C37H45N5O4. The molecule has 0 radical (unpaired) electrons. The molecule has 2 aromatic heterocycles. The summed E-state index contributed by atoms with van der Waals surface area (Å²) in [5, 5.41) is 4.58. The minimum Gasteiger partial charge on any atom is -0.493 e. The minimum absolute atomic E-state index is 0.157. The Morgan fingerprint density at radius 2 is 1.80 bits per heavy atom. The van der Waals surface area contributed by atoms with Crippen LogP contribution >= 0.6 is 0 Å². The number of hydrogen-bond acceptors (Lipinski definition) is 9. The number of pyridine rings is 2. The van der Waals surface area contributed by atoms with E-state index in [1.54, 1.807) is 0 Å². The number of fused-ring (bicyclic) bond motifs is 1. The van der Waals surface area contributed by atoms with Crippen molar-refractivity contribution in [2.75, 3.05) is 58.4 Å². The Hall–Kier alpha value is -4.05. The highest BCUT2D eigenvalue weighted by molar-refractivity contribution is 5.91. The molecule has 1 unspecified atom stereocenters. The molecule has 242 valence electrons. The number of esters is 1. The second kappa shape index (κ2) is 15.0. The van der Waals surface area contributed by atoms with Crippen molar-refractivity contribution < 1.29 is 19.0 Å². The Kier molecular flexibility index (Phi) is 10.4. The van der Waals surface area contributed by atoms with Crippen LogP contribution in [0.5, 0.6) is 5.75 Å². The van der Waals surface area contributed by atoms with Gasteiger partial charge in [0, 0.05) is 49.6 Å². The fraction of sp³-hybridized carbons (Fsp3) is 0.432. The zero-order valence-corrected chi connectivity index (χ0v) is 27.3. The Bertz CT molecular complexity index is 1650. The van der Waals surface area contributed by atoms with Crippen LogP contribution in [0.1, 0.15) is 42.4 Å². The molecule has 0 saturated carbocycles. The quantitative estimate of drug-likeness (QED) is 0.153. The summed E-state index contributed by atoms with van der Waals surface area (Å²) in [5.41, 5.74) is 7.43. The first kappa shape index (κ1) is 31.9. The van der Waals surface area contributed by atoms with Crippen LogP contribution in [0.2, 0.25) is 0 Å². The molecule has 0 bridgehead atoms. The third-order valence-electron chi connectivity index (χ3n) is 9.27.